The van der Waals surface area contributed by atoms with Gasteiger partial charge in [0.1, 0.15) is 16.9 Å². The molecule has 2 aromatic carbocycles. The summed E-state index contributed by atoms with van der Waals surface area (Å²) in [5.41, 5.74) is 3.72. The van der Waals surface area contributed by atoms with E-state index in [2.05, 4.69) is 20.9 Å². The Labute approximate surface area is 165 Å². The predicted octanol–water partition coefficient (Wildman–Crippen LogP) is 3.76. The van der Waals surface area contributed by atoms with Crippen LogP contribution in [0, 0.1) is 0 Å². The third-order valence-corrected chi connectivity index (χ3v) is 4.20. The molecular formula is C19H16ClN5O3. The van der Waals surface area contributed by atoms with Crippen molar-refractivity contribution in [1.29, 1.82) is 0 Å². The van der Waals surface area contributed by atoms with Crippen molar-refractivity contribution < 1.29 is 14.4 Å². The molecule has 2 heterocycles. The summed E-state index contributed by atoms with van der Waals surface area (Å²) < 4.78 is 6.79. The monoisotopic (exact) mass is 397 g/mol. The number of para-hydroxylation sites is 2. The molecule has 9 heteroatoms. The molecule has 1 aromatic heterocycles. The minimum Gasteiger partial charge on any atom is -0.410 e. The number of hydroxylamine groups is 1. The number of amides is 1. The molecule has 1 aliphatic heterocycles. The van der Waals surface area contributed by atoms with Crippen LogP contribution in [0.4, 0.5) is 10.6 Å². The molecule has 1 amide bonds. The van der Waals surface area contributed by atoms with E-state index < -0.39 is 6.09 Å². The maximum atomic E-state index is 12.4. The van der Waals surface area contributed by atoms with E-state index in [9.17, 15) is 4.79 Å². The van der Waals surface area contributed by atoms with E-state index in [0.29, 0.717) is 17.1 Å². The third kappa shape index (κ3) is 3.68. The molecule has 0 fully saturated rings. The summed E-state index contributed by atoms with van der Waals surface area (Å²) >= 11 is 6.51. The van der Waals surface area contributed by atoms with E-state index in [-0.39, 0.29) is 22.9 Å². The van der Waals surface area contributed by atoms with Gasteiger partial charge in [0.05, 0.1) is 5.69 Å². The van der Waals surface area contributed by atoms with Crippen LogP contribution in [0.3, 0.4) is 0 Å². The second kappa shape index (κ2) is 7.71. The van der Waals surface area contributed by atoms with E-state index in [0.717, 1.165) is 0 Å². The van der Waals surface area contributed by atoms with Gasteiger partial charge in [-0.2, -0.15) is 5.10 Å². The highest BCUT2D eigenvalue weighted by Crippen LogP contribution is 2.30. The Bertz CT molecular complexity index is 1020. The lowest BCUT2D eigenvalue weighted by Gasteiger charge is -2.09. The molecule has 4 rings (SSSR count). The molecule has 0 aliphatic carbocycles. The quantitative estimate of drug-likeness (QED) is 0.699. The second-order valence-electron chi connectivity index (χ2n) is 5.92. The highest BCUT2D eigenvalue weighted by molar-refractivity contribution is 6.36. The summed E-state index contributed by atoms with van der Waals surface area (Å²) in [6.45, 7) is 1.82. The Hall–Kier alpha value is -3.36. The lowest BCUT2D eigenvalue weighted by atomic mass is 10.3. The largest absolute Gasteiger partial charge is 0.418 e. The number of nitrogens with zero attached hydrogens (tertiary/aromatic N) is 3. The summed E-state index contributed by atoms with van der Waals surface area (Å²) in [4.78, 5) is 22.0. The lowest BCUT2D eigenvalue weighted by molar-refractivity contribution is 0.185. The van der Waals surface area contributed by atoms with E-state index in [1.54, 1.807) is 24.3 Å². The van der Waals surface area contributed by atoms with Crippen molar-refractivity contribution in [1.82, 2.24) is 15.3 Å². The average molecular weight is 398 g/mol. The van der Waals surface area contributed by atoms with Gasteiger partial charge in [-0.1, -0.05) is 48.0 Å². The molecule has 0 radical (unpaired) electrons. The van der Waals surface area contributed by atoms with Gasteiger partial charge in [-0.3, -0.25) is 5.32 Å². The Morgan fingerprint density at radius 3 is 2.50 bits per heavy atom. The van der Waals surface area contributed by atoms with Crippen LogP contribution in [0.25, 0.3) is 5.69 Å². The lowest BCUT2D eigenvalue weighted by Crippen LogP contribution is -2.19. The fraction of sp³-hybridized carbons (Fsp3) is 0.105. The normalized spacial score (nSPS) is 15.6. The molecule has 1 aliphatic rings. The summed E-state index contributed by atoms with van der Waals surface area (Å²) in [6, 6.07) is 18.0. The van der Waals surface area contributed by atoms with Gasteiger partial charge in [-0.05, 0) is 31.2 Å². The number of rotatable bonds is 4. The number of halogens is 1. The average Bonchev–Trinajstić information content (AvgIpc) is 3.27. The van der Waals surface area contributed by atoms with Gasteiger partial charge in [0.25, 0.3) is 5.90 Å². The molecule has 0 saturated carbocycles. The van der Waals surface area contributed by atoms with Gasteiger partial charge < -0.3 is 9.57 Å². The van der Waals surface area contributed by atoms with Crippen molar-refractivity contribution in [2.75, 3.05) is 5.32 Å². The van der Waals surface area contributed by atoms with Crippen molar-refractivity contribution in [2.45, 2.75) is 13.1 Å². The Morgan fingerprint density at radius 1 is 1.18 bits per heavy atom. The Kier molecular flexibility index (Phi) is 4.96. The molecule has 3 aromatic rings. The minimum atomic E-state index is -0.697. The van der Waals surface area contributed by atoms with Gasteiger partial charge in [0.2, 0.25) is 0 Å². The number of hydrogen-bond acceptors (Lipinski definition) is 6. The Balaban J connectivity index is 1.69. The van der Waals surface area contributed by atoms with Crippen LogP contribution in [0.15, 0.2) is 65.7 Å². The van der Waals surface area contributed by atoms with Crippen LogP contribution >= 0.6 is 11.6 Å². The number of hydrogen-bond donors (Lipinski definition) is 2. The highest BCUT2D eigenvalue weighted by atomic mass is 35.5. The highest BCUT2D eigenvalue weighted by Gasteiger charge is 2.27. The van der Waals surface area contributed by atoms with Gasteiger partial charge >= 0.3 is 6.09 Å². The molecular weight excluding hydrogens is 382 g/mol. The number of ether oxygens (including phenoxy) is 1. The molecule has 28 heavy (non-hydrogen) atoms. The first-order valence-electron chi connectivity index (χ1n) is 8.50. The maximum Gasteiger partial charge on any atom is 0.418 e. The van der Waals surface area contributed by atoms with Crippen LogP contribution in [-0.4, -0.2) is 27.9 Å². The fourth-order valence-corrected chi connectivity index (χ4v) is 2.84. The number of benzene rings is 2. The van der Waals surface area contributed by atoms with Crippen LogP contribution in [0.1, 0.15) is 12.6 Å². The summed E-state index contributed by atoms with van der Waals surface area (Å²) in [6.07, 6.45) is -0.926. The van der Waals surface area contributed by atoms with E-state index in [1.807, 2.05) is 43.3 Å². The first-order valence-corrected chi connectivity index (χ1v) is 8.88. The minimum absolute atomic E-state index is 0.184. The molecule has 1 unspecified atom stereocenters. The predicted molar refractivity (Wildman–Crippen MR) is 105 cm³/mol. The zero-order valence-electron chi connectivity index (χ0n) is 14.8. The zero-order valence-corrected chi connectivity index (χ0v) is 15.6. The molecule has 142 valence electrons. The molecule has 0 spiro atoms. The van der Waals surface area contributed by atoms with Crippen molar-refractivity contribution in [3.05, 3.63) is 71.4 Å². The number of aromatic nitrogens is 2. The zero-order chi connectivity index (χ0) is 19.5. The first-order chi connectivity index (χ1) is 13.6. The Morgan fingerprint density at radius 2 is 1.86 bits per heavy atom. The van der Waals surface area contributed by atoms with E-state index >= 15 is 0 Å². The second-order valence-corrected chi connectivity index (χ2v) is 6.29. The summed E-state index contributed by atoms with van der Waals surface area (Å²) in [7, 11) is 0. The van der Waals surface area contributed by atoms with Gasteiger partial charge in [-0.15, -0.1) is 5.48 Å². The van der Waals surface area contributed by atoms with Crippen molar-refractivity contribution in [3.8, 4) is 11.4 Å². The topological polar surface area (TPSA) is 89.8 Å². The molecule has 0 bridgehead atoms. The van der Waals surface area contributed by atoms with Crippen LogP contribution < -0.4 is 15.5 Å². The molecule has 8 nitrogen and oxygen atoms in total. The first kappa shape index (κ1) is 18.0. The smallest absolute Gasteiger partial charge is 0.410 e. The van der Waals surface area contributed by atoms with Crippen molar-refractivity contribution in [2.24, 2.45) is 4.99 Å². The van der Waals surface area contributed by atoms with Crippen LogP contribution in [0.5, 0.6) is 5.75 Å². The van der Waals surface area contributed by atoms with Crippen LogP contribution in [-0.2, 0) is 4.84 Å². The fourth-order valence-electron chi connectivity index (χ4n) is 2.60. The number of aliphatic imine (C=N–C) groups is 1. The number of nitrogens with one attached hydrogen (secondary N) is 2. The molecule has 1 atom stereocenters. The van der Waals surface area contributed by atoms with Gasteiger partial charge in [0.15, 0.2) is 11.5 Å². The van der Waals surface area contributed by atoms with Gasteiger partial charge in [-0.25, -0.2) is 14.5 Å². The summed E-state index contributed by atoms with van der Waals surface area (Å²) in [5.74, 6) is 0.893. The van der Waals surface area contributed by atoms with E-state index in [1.165, 1.54) is 4.68 Å². The number of anilines is 1. The third-order valence-electron chi connectivity index (χ3n) is 3.84. The maximum absolute atomic E-state index is 12.4. The molecule has 0 saturated heterocycles. The van der Waals surface area contributed by atoms with Gasteiger partial charge in [0, 0.05) is 0 Å². The van der Waals surface area contributed by atoms with Crippen LogP contribution in [0.2, 0.25) is 5.02 Å². The van der Waals surface area contributed by atoms with E-state index in [4.69, 9.17) is 21.2 Å². The van der Waals surface area contributed by atoms with Crippen molar-refractivity contribution >= 4 is 29.4 Å². The standard InChI is InChI=1S/C19H16ClN5O3/c1-12-21-18(28-24-12)16-15(20)17(25(23-16)13-8-4-2-5-9-13)22-19(26)27-14-10-6-3-7-11-14/h2-12,24H,1H3,(H,22,26). The SMILES string of the molecule is CC1N=C(c2nn(-c3ccccc3)c(NC(=O)Oc3ccccc3)c2Cl)ON1. The number of carbonyl (C=O) groups is 1. The number of carbonyl (C=O) groups excluding carboxylic acids is 1. The molecule has 2 N–H and O–H groups in total. The summed E-state index contributed by atoms with van der Waals surface area (Å²) in [5, 5.41) is 7.32. The van der Waals surface area contributed by atoms with Crippen molar-refractivity contribution in [3.63, 3.8) is 0 Å².